The van der Waals surface area contributed by atoms with Crippen LogP contribution in [0.5, 0.6) is 5.75 Å². The fraction of sp³-hybridized carbons (Fsp3) is 0.0556. The van der Waals surface area contributed by atoms with Crippen molar-refractivity contribution in [3.63, 3.8) is 0 Å². The summed E-state index contributed by atoms with van der Waals surface area (Å²) in [6.45, 7) is 0. The van der Waals surface area contributed by atoms with Gasteiger partial charge in [-0.05, 0) is 29.0 Å². The van der Waals surface area contributed by atoms with Crippen LogP contribution in [-0.2, 0) is 0 Å². The zero-order chi connectivity index (χ0) is 14.7. The number of rotatable bonds is 3. The quantitative estimate of drug-likeness (QED) is 0.782. The fourth-order valence-electron chi connectivity index (χ4n) is 2.37. The molecule has 0 aliphatic rings. The Balaban J connectivity index is 2.07. The predicted octanol–water partition coefficient (Wildman–Crippen LogP) is 4.10. The summed E-state index contributed by atoms with van der Waals surface area (Å²) in [7, 11) is 1.57. The Morgan fingerprint density at radius 1 is 0.905 bits per heavy atom. The molecule has 0 aliphatic heterocycles. The van der Waals surface area contributed by atoms with Gasteiger partial charge in [-0.1, -0.05) is 48.5 Å². The number of benzene rings is 3. The third-order valence-electron chi connectivity index (χ3n) is 3.37. The van der Waals surface area contributed by atoms with Crippen LogP contribution in [0.1, 0.15) is 10.4 Å². The van der Waals surface area contributed by atoms with Crippen LogP contribution in [0, 0.1) is 0 Å². The largest absolute Gasteiger partial charge is 0.496 e. The Hall–Kier alpha value is -2.81. The van der Waals surface area contributed by atoms with E-state index in [4.69, 9.17) is 4.74 Å². The van der Waals surface area contributed by atoms with E-state index in [1.807, 2.05) is 66.7 Å². The second-order valence-corrected chi connectivity index (χ2v) is 4.68. The molecule has 0 radical (unpaired) electrons. The third kappa shape index (κ3) is 2.58. The number of para-hydroxylation sites is 1. The van der Waals surface area contributed by atoms with Crippen molar-refractivity contribution in [1.82, 2.24) is 0 Å². The average Bonchev–Trinajstić information content (AvgIpc) is 2.54. The van der Waals surface area contributed by atoms with Crippen molar-refractivity contribution >= 4 is 22.4 Å². The fourth-order valence-corrected chi connectivity index (χ4v) is 2.37. The molecule has 0 atom stereocenters. The normalized spacial score (nSPS) is 10.3. The average molecular weight is 277 g/mol. The number of nitrogens with one attached hydrogen (secondary N) is 1. The highest BCUT2D eigenvalue weighted by atomic mass is 16.5. The van der Waals surface area contributed by atoms with Gasteiger partial charge in [0, 0.05) is 5.69 Å². The van der Waals surface area contributed by atoms with Crippen LogP contribution in [0.4, 0.5) is 5.69 Å². The minimum absolute atomic E-state index is 0.171. The Kier molecular flexibility index (Phi) is 3.56. The first-order chi connectivity index (χ1) is 10.3. The lowest BCUT2D eigenvalue weighted by Crippen LogP contribution is -2.13. The number of anilines is 1. The first-order valence-corrected chi connectivity index (χ1v) is 6.72. The van der Waals surface area contributed by atoms with Crippen LogP contribution in [0.2, 0.25) is 0 Å². The summed E-state index contributed by atoms with van der Waals surface area (Å²) in [6, 6.07) is 20.9. The Morgan fingerprint density at radius 2 is 1.62 bits per heavy atom. The van der Waals surface area contributed by atoms with E-state index in [9.17, 15) is 4.79 Å². The molecule has 0 aliphatic carbocycles. The van der Waals surface area contributed by atoms with E-state index in [1.54, 1.807) is 7.11 Å². The monoisotopic (exact) mass is 277 g/mol. The lowest BCUT2D eigenvalue weighted by Gasteiger charge is -2.12. The SMILES string of the molecule is COc1ccc2ccccc2c1C(=O)Nc1ccccc1. The maximum absolute atomic E-state index is 12.6. The molecule has 3 heteroatoms. The lowest BCUT2D eigenvalue weighted by molar-refractivity contribution is 0.102. The van der Waals surface area contributed by atoms with Crippen LogP contribution >= 0.6 is 0 Å². The molecule has 3 aromatic rings. The van der Waals surface area contributed by atoms with Crippen LogP contribution < -0.4 is 10.1 Å². The highest BCUT2D eigenvalue weighted by Crippen LogP contribution is 2.28. The van der Waals surface area contributed by atoms with E-state index in [-0.39, 0.29) is 5.91 Å². The zero-order valence-corrected chi connectivity index (χ0v) is 11.7. The summed E-state index contributed by atoms with van der Waals surface area (Å²) in [5.74, 6) is 0.400. The number of hydrogen-bond donors (Lipinski definition) is 1. The van der Waals surface area contributed by atoms with Gasteiger partial charge in [-0.2, -0.15) is 0 Å². The molecule has 0 fully saturated rings. The van der Waals surface area contributed by atoms with E-state index < -0.39 is 0 Å². The van der Waals surface area contributed by atoms with Gasteiger partial charge in [0.15, 0.2) is 0 Å². The minimum atomic E-state index is -0.171. The molecule has 21 heavy (non-hydrogen) atoms. The molecular weight excluding hydrogens is 262 g/mol. The molecule has 0 saturated heterocycles. The van der Waals surface area contributed by atoms with Crippen LogP contribution in [-0.4, -0.2) is 13.0 Å². The number of carbonyl (C=O) groups is 1. The van der Waals surface area contributed by atoms with E-state index in [1.165, 1.54) is 0 Å². The summed E-state index contributed by atoms with van der Waals surface area (Å²) < 4.78 is 5.35. The van der Waals surface area contributed by atoms with Gasteiger partial charge >= 0.3 is 0 Å². The van der Waals surface area contributed by atoms with Crippen LogP contribution in [0.25, 0.3) is 10.8 Å². The standard InChI is InChI=1S/C18H15NO2/c1-21-16-12-11-13-7-5-6-10-15(13)17(16)18(20)19-14-8-3-2-4-9-14/h2-12H,1H3,(H,19,20). The molecule has 0 unspecified atom stereocenters. The molecule has 0 aromatic heterocycles. The summed E-state index contributed by atoms with van der Waals surface area (Å²) in [6.07, 6.45) is 0. The number of fused-ring (bicyclic) bond motifs is 1. The number of hydrogen-bond acceptors (Lipinski definition) is 2. The molecular formula is C18H15NO2. The number of ether oxygens (including phenoxy) is 1. The zero-order valence-electron chi connectivity index (χ0n) is 11.7. The summed E-state index contributed by atoms with van der Waals surface area (Å²) in [4.78, 5) is 12.6. The first-order valence-electron chi connectivity index (χ1n) is 6.72. The van der Waals surface area contributed by atoms with Gasteiger partial charge in [0.1, 0.15) is 5.75 Å². The maximum atomic E-state index is 12.6. The van der Waals surface area contributed by atoms with Crippen molar-refractivity contribution in [3.05, 3.63) is 72.3 Å². The van der Waals surface area contributed by atoms with E-state index in [2.05, 4.69) is 5.32 Å². The van der Waals surface area contributed by atoms with Gasteiger partial charge in [0.05, 0.1) is 12.7 Å². The molecule has 3 rings (SSSR count). The van der Waals surface area contributed by atoms with E-state index in [0.29, 0.717) is 11.3 Å². The Bertz CT molecular complexity index is 782. The first kappa shape index (κ1) is 13.2. The molecule has 104 valence electrons. The summed E-state index contributed by atoms with van der Waals surface area (Å²) in [5, 5.41) is 4.80. The van der Waals surface area contributed by atoms with Gasteiger partial charge in [-0.3, -0.25) is 4.79 Å². The van der Waals surface area contributed by atoms with Crippen molar-refractivity contribution in [2.24, 2.45) is 0 Å². The second-order valence-electron chi connectivity index (χ2n) is 4.68. The van der Waals surface area contributed by atoms with Crippen molar-refractivity contribution in [2.45, 2.75) is 0 Å². The third-order valence-corrected chi connectivity index (χ3v) is 3.37. The minimum Gasteiger partial charge on any atom is -0.496 e. The van der Waals surface area contributed by atoms with Gasteiger partial charge < -0.3 is 10.1 Å². The molecule has 0 spiro atoms. The molecule has 0 saturated carbocycles. The highest BCUT2D eigenvalue weighted by molar-refractivity contribution is 6.15. The van der Waals surface area contributed by atoms with Crippen LogP contribution in [0.15, 0.2) is 66.7 Å². The molecule has 1 N–H and O–H groups in total. The smallest absolute Gasteiger partial charge is 0.260 e. The van der Waals surface area contributed by atoms with Gasteiger partial charge in [-0.15, -0.1) is 0 Å². The van der Waals surface area contributed by atoms with Crippen molar-refractivity contribution < 1.29 is 9.53 Å². The predicted molar refractivity (Wildman–Crippen MR) is 84.9 cm³/mol. The van der Waals surface area contributed by atoms with Crippen molar-refractivity contribution in [1.29, 1.82) is 0 Å². The second kappa shape index (κ2) is 5.67. The molecule has 3 aromatic carbocycles. The molecule has 1 amide bonds. The Morgan fingerprint density at radius 3 is 2.38 bits per heavy atom. The summed E-state index contributed by atoms with van der Waals surface area (Å²) >= 11 is 0. The molecule has 0 heterocycles. The van der Waals surface area contributed by atoms with Crippen LogP contribution in [0.3, 0.4) is 0 Å². The van der Waals surface area contributed by atoms with Gasteiger partial charge in [-0.25, -0.2) is 0 Å². The van der Waals surface area contributed by atoms with E-state index in [0.717, 1.165) is 16.5 Å². The lowest BCUT2D eigenvalue weighted by atomic mass is 10.0. The molecule has 0 bridgehead atoms. The van der Waals surface area contributed by atoms with Gasteiger partial charge in [0.2, 0.25) is 0 Å². The number of methoxy groups -OCH3 is 1. The summed E-state index contributed by atoms with van der Waals surface area (Å²) in [5.41, 5.74) is 1.32. The topological polar surface area (TPSA) is 38.3 Å². The van der Waals surface area contributed by atoms with Crippen molar-refractivity contribution in [2.75, 3.05) is 12.4 Å². The number of amides is 1. The Labute approximate surface area is 123 Å². The van der Waals surface area contributed by atoms with Gasteiger partial charge in [0.25, 0.3) is 5.91 Å². The number of carbonyl (C=O) groups excluding carboxylic acids is 1. The molecule has 3 nitrogen and oxygen atoms in total. The highest BCUT2D eigenvalue weighted by Gasteiger charge is 2.16. The maximum Gasteiger partial charge on any atom is 0.260 e. The van der Waals surface area contributed by atoms with E-state index >= 15 is 0 Å². The van der Waals surface area contributed by atoms with Crippen molar-refractivity contribution in [3.8, 4) is 5.75 Å².